The van der Waals surface area contributed by atoms with Crippen molar-refractivity contribution in [2.75, 3.05) is 31.1 Å². The third kappa shape index (κ3) is 4.66. The van der Waals surface area contributed by atoms with Crippen molar-refractivity contribution >= 4 is 23.0 Å². The molecule has 4 heterocycles. The number of carbonyl (C=O) groups is 1. The molecule has 1 fully saturated rings. The predicted molar refractivity (Wildman–Crippen MR) is 143 cm³/mol. The van der Waals surface area contributed by atoms with Crippen molar-refractivity contribution in [2.24, 2.45) is 0 Å². The largest absolute Gasteiger partial charge is 0.457 e. The highest BCUT2D eigenvalue weighted by molar-refractivity contribution is 5.97. The van der Waals surface area contributed by atoms with Gasteiger partial charge in [-0.05, 0) is 35.9 Å². The number of hydrogen-bond acceptors (Lipinski definition) is 7. The fourth-order valence-electron chi connectivity index (χ4n) is 4.59. The Bertz CT molecular complexity index is 1530. The van der Waals surface area contributed by atoms with Crippen LogP contribution >= 0.6 is 0 Å². The Morgan fingerprint density at radius 2 is 1.62 bits per heavy atom. The summed E-state index contributed by atoms with van der Waals surface area (Å²) in [6.07, 6.45) is 3.48. The average Bonchev–Trinajstić information content (AvgIpc) is 3.36. The number of rotatable bonds is 6. The van der Waals surface area contributed by atoms with E-state index in [9.17, 15) is 4.79 Å². The van der Waals surface area contributed by atoms with Gasteiger partial charge in [-0.1, -0.05) is 48.5 Å². The van der Waals surface area contributed by atoms with Gasteiger partial charge in [0, 0.05) is 44.1 Å². The van der Waals surface area contributed by atoms with E-state index in [4.69, 9.17) is 14.7 Å². The average molecular weight is 491 g/mol. The van der Waals surface area contributed by atoms with Crippen molar-refractivity contribution in [1.29, 1.82) is 0 Å². The summed E-state index contributed by atoms with van der Waals surface area (Å²) in [7, 11) is 0. The molecule has 0 aliphatic carbocycles. The van der Waals surface area contributed by atoms with E-state index in [0.29, 0.717) is 17.0 Å². The van der Waals surface area contributed by atoms with E-state index >= 15 is 0 Å². The second-order valence-electron chi connectivity index (χ2n) is 8.83. The molecule has 0 unspecified atom stereocenters. The monoisotopic (exact) mass is 490 g/mol. The summed E-state index contributed by atoms with van der Waals surface area (Å²) in [6.45, 7) is 3.83. The van der Waals surface area contributed by atoms with Gasteiger partial charge in [-0.2, -0.15) is 0 Å². The van der Waals surface area contributed by atoms with Crippen molar-refractivity contribution in [1.82, 2.24) is 24.8 Å². The highest BCUT2D eigenvalue weighted by Crippen LogP contribution is 2.31. The van der Waals surface area contributed by atoms with Gasteiger partial charge in [0.05, 0.1) is 11.3 Å². The number of aromatic nitrogens is 4. The summed E-state index contributed by atoms with van der Waals surface area (Å²) in [4.78, 5) is 29.7. The molecule has 8 nitrogen and oxygen atoms in total. The molecule has 0 bridgehead atoms. The van der Waals surface area contributed by atoms with Gasteiger partial charge in [0.1, 0.15) is 23.8 Å². The third-order valence-electron chi connectivity index (χ3n) is 6.45. The van der Waals surface area contributed by atoms with Gasteiger partial charge in [0.15, 0.2) is 5.65 Å². The van der Waals surface area contributed by atoms with Crippen LogP contribution in [0.25, 0.3) is 28.2 Å². The minimum Gasteiger partial charge on any atom is -0.457 e. The van der Waals surface area contributed by atoms with Crippen LogP contribution in [0, 0.1) is 0 Å². The number of hydrogen-bond donors (Lipinski definition) is 1. The predicted octanol–water partition coefficient (Wildman–Crippen LogP) is 4.25. The molecule has 184 valence electrons. The van der Waals surface area contributed by atoms with Gasteiger partial charge in [0.25, 0.3) is 0 Å². The zero-order valence-electron chi connectivity index (χ0n) is 20.2. The first kappa shape index (κ1) is 22.9. The molecule has 0 amide bonds. The summed E-state index contributed by atoms with van der Waals surface area (Å²) in [5, 5.41) is 3.38. The second kappa shape index (κ2) is 10.2. The Labute approximate surface area is 214 Å². The summed E-state index contributed by atoms with van der Waals surface area (Å²) in [5.41, 5.74) is 4.40. The highest BCUT2D eigenvalue weighted by Gasteiger charge is 2.22. The highest BCUT2D eigenvalue weighted by atomic mass is 16.5. The Morgan fingerprint density at radius 1 is 0.865 bits per heavy atom. The van der Waals surface area contributed by atoms with Crippen LogP contribution in [0.1, 0.15) is 15.9 Å². The minimum absolute atomic E-state index is 0.199. The fourth-order valence-corrected chi connectivity index (χ4v) is 4.59. The first-order valence-electron chi connectivity index (χ1n) is 12.3. The zero-order chi connectivity index (χ0) is 25.0. The molecule has 8 heteroatoms. The molecule has 37 heavy (non-hydrogen) atoms. The Balaban J connectivity index is 1.44. The van der Waals surface area contributed by atoms with Crippen molar-refractivity contribution in [3.63, 3.8) is 0 Å². The van der Waals surface area contributed by atoms with Gasteiger partial charge in [-0.25, -0.2) is 14.8 Å². The van der Waals surface area contributed by atoms with Gasteiger partial charge >= 0.3 is 5.97 Å². The van der Waals surface area contributed by atoms with Gasteiger partial charge in [0.2, 0.25) is 0 Å². The van der Waals surface area contributed by atoms with E-state index in [2.05, 4.69) is 15.2 Å². The number of piperazine rings is 1. The maximum absolute atomic E-state index is 13.2. The number of carbonyl (C=O) groups excluding carboxylic acids is 1. The van der Waals surface area contributed by atoms with Crippen molar-refractivity contribution in [2.45, 2.75) is 6.61 Å². The molecular formula is C29H26N6O2. The lowest BCUT2D eigenvalue weighted by Crippen LogP contribution is -2.43. The number of esters is 1. The lowest BCUT2D eigenvalue weighted by molar-refractivity contribution is 0.0473. The maximum Gasteiger partial charge on any atom is 0.339 e. The lowest BCUT2D eigenvalue weighted by atomic mass is 10.1. The number of fused-ring (bicyclic) bond motifs is 1. The number of anilines is 1. The van der Waals surface area contributed by atoms with Crippen LogP contribution < -0.4 is 10.2 Å². The molecule has 0 atom stereocenters. The molecule has 5 aromatic rings. The fraction of sp³-hybridized carbons (Fsp3) is 0.172. The number of nitrogens with one attached hydrogen (secondary N) is 1. The summed E-state index contributed by atoms with van der Waals surface area (Å²) in [6, 6.07) is 24.9. The molecule has 0 spiro atoms. The summed E-state index contributed by atoms with van der Waals surface area (Å²) < 4.78 is 7.67. The van der Waals surface area contributed by atoms with Crippen molar-refractivity contribution in [3.8, 4) is 17.1 Å². The maximum atomic E-state index is 13.2. The number of imidazole rings is 1. The van der Waals surface area contributed by atoms with E-state index in [1.54, 1.807) is 18.5 Å². The van der Waals surface area contributed by atoms with Gasteiger partial charge in [-0.3, -0.25) is 9.55 Å². The van der Waals surface area contributed by atoms with Crippen LogP contribution in [0.15, 0.2) is 91.3 Å². The smallest absolute Gasteiger partial charge is 0.339 e. The normalized spacial score (nSPS) is 13.6. The molecule has 0 radical (unpaired) electrons. The van der Waals surface area contributed by atoms with Crippen LogP contribution in [0.4, 0.5) is 5.82 Å². The van der Waals surface area contributed by atoms with Gasteiger partial charge in [-0.15, -0.1) is 0 Å². The zero-order valence-corrected chi connectivity index (χ0v) is 20.2. The topological polar surface area (TPSA) is 85.2 Å². The molecule has 2 aromatic carbocycles. The lowest BCUT2D eigenvalue weighted by Gasteiger charge is -2.28. The number of benzene rings is 2. The first-order valence-corrected chi connectivity index (χ1v) is 12.3. The molecule has 6 rings (SSSR count). The molecule has 0 saturated carbocycles. The van der Waals surface area contributed by atoms with E-state index in [-0.39, 0.29) is 6.61 Å². The van der Waals surface area contributed by atoms with Crippen LogP contribution in [-0.4, -0.2) is 51.7 Å². The van der Waals surface area contributed by atoms with Crippen LogP contribution in [0.3, 0.4) is 0 Å². The number of pyridine rings is 2. The molecule has 1 N–H and O–H groups in total. The molecule has 1 aliphatic heterocycles. The first-order chi connectivity index (χ1) is 18.3. The molecular weight excluding hydrogens is 464 g/mol. The number of nitrogens with zero attached hydrogens (tertiary/aromatic N) is 5. The quantitative estimate of drug-likeness (QED) is 0.356. The Morgan fingerprint density at radius 3 is 2.43 bits per heavy atom. The molecule has 1 saturated heterocycles. The SMILES string of the molecule is O=C(OCc1ccccc1)c1ccccc1-c1nc2ccc(N3CCNCC3)nc2n1-c1ccncc1. The van der Waals surface area contributed by atoms with E-state index in [1.165, 1.54) is 0 Å². The van der Waals surface area contributed by atoms with Crippen molar-refractivity contribution < 1.29 is 9.53 Å². The molecule has 3 aromatic heterocycles. The number of ether oxygens (including phenoxy) is 1. The van der Waals surface area contributed by atoms with Crippen LogP contribution in [0.2, 0.25) is 0 Å². The minimum atomic E-state index is -0.401. The van der Waals surface area contributed by atoms with Crippen LogP contribution in [-0.2, 0) is 11.3 Å². The standard InChI is InChI=1S/C29H26N6O2/c36-29(37-20-21-6-2-1-3-7-21)24-9-5-4-8-23(24)27-32-25-10-11-26(34-18-16-31-17-19-34)33-28(25)35(27)22-12-14-30-15-13-22/h1-15,31H,16-20H2. The van der Waals surface area contributed by atoms with Crippen LogP contribution in [0.5, 0.6) is 0 Å². The van der Waals surface area contributed by atoms with E-state index in [1.807, 2.05) is 77.4 Å². The van der Waals surface area contributed by atoms with E-state index < -0.39 is 5.97 Å². The van der Waals surface area contributed by atoms with Gasteiger partial charge < -0.3 is 15.0 Å². The Kier molecular flexibility index (Phi) is 6.31. The van der Waals surface area contributed by atoms with E-state index in [0.717, 1.165) is 54.4 Å². The van der Waals surface area contributed by atoms with Crippen molar-refractivity contribution in [3.05, 3.63) is 102 Å². The Hall–Kier alpha value is -4.56. The molecule has 1 aliphatic rings. The second-order valence-corrected chi connectivity index (χ2v) is 8.83. The summed E-state index contributed by atoms with van der Waals surface area (Å²) in [5.74, 6) is 1.13. The summed E-state index contributed by atoms with van der Waals surface area (Å²) >= 11 is 0. The third-order valence-corrected chi connectivity index (χ3v) is 6.45.